The van der Waals surface area contributed by atoms with Gasteiger partial charge in [-0.1, -0.05) is 53.4 Å². The minimum atomic E-state index is 0.979. The van der Waals surface area contributed by atoms with Crippen LogP contribution in [-0.2, 0) is 0 Å². The minimum absolute atomic E-state index is 0.979. The van der Waals surface area contributed by atoms with Crippen LogP contribution in [0.4, 0.5) is 0 Å². The molecule has 0 spiro atoms. The Labute approximate surface area is 114 Å². The van der Waals surface area contributed by atoms with Gasteiger partial charge in [-0.2, -0.15) is 0 Å². The highest BCUT2D eigenvalue weighted by molar-refractivity contribution is 5.01. The lowest BCUT2D eigenvalue weighted by atomic mass is 9.57. The molecule has 18 heavy (non-hydrogen) atoms. The average molecular weight is 248 g/mol. The third-order valence-corrected chi connectivity index (χ3v) is 7.45. The molecule has 0 aromatic heterocycles. The van der Waals surface area contributed by atoms with Gasteiger partial charge in [0.1, 0.15) is 0 Å². The minimum Gasteiger partial charge on any atom is -0.0651 e. The van der Waals surface area contributed by atoms with Gasteiger partial charge < -0.3 is 0 Å². The molecule has 0 bridgehead atoms. The van der Waals surface area contributed by atoms with Crippen LogP contribution in [0.3, 0.4) is 0 Å². The zero-order valence-corrected chi connectivity index (χ0v) is 12.9. The largest absolute Gasteiger partial charge is 0.0651 e. The second kappa shape index (κ2) is 4.84. The van der Waals surface area contributed by atoms with Crippen molar-refractivity contribution in [2.24, 2.45) is 47.3 Å². The maximum Gasteiger partial charge on any atom is -0.0326 e. The van der Waals surface area contributed by atoms with Crippen molar-refractivity contribution in [3.63, 3.8) is 0 Å². The Bertz CT molecular complexity index is 294. The van der Waals surface area contributed by atoms with Gasteiger partial charge in [0.25, 0.3) is 0 Å². The zero-order valence-electron chi connectivity index (χ0n) is 12.9. The van der Waals surface area contributed by atoms with Crippen LogP contribution in [0.2, 0.25) is 0 Å². The lowest BCUT2D eigenvalue weighted by Gasteiger charge is -2.48. The van der Waals surface area contributed by atoms with E-state index in [4.69, 9.17) is 0 Å². The van der Waals surface area contributed by atoms with Crippen LogP contribution in [0.25, 0.3) is 0 Å². The lowest BCUT2D eigenvalue weighted by molar-refractivity contribution is 0.00944. The first-order valence-corrected chi connectivity index (χ1v) is 8.65. The fourth-order valence-corrected chi connectivity index (χ4v) is 6.54. The second-order valence-corrected chi connectivity index (χ2v) is 7.83. The molecule has 0 heteroatoms. The Morgan fingerprint density at radius 3 is 2.28 bits per heavy atom. The summed E-state index contributed by atoms with van der Waals surface area (Å²) in [4.78, 5) is 0. The fraction of sp³-hybridized carbons (Fsp3) is 1.00. The second-order valence-electron chi connectivity index (χ2n) is 7.83. The van der Waals surface area contributed by atoms with Gasteiger partial charge in [-0.05, 0) is 60.2 Å². The van der Waals surface area contributed by atoms with Crippen molar-refractivity contribution in [3.05, 3.63) is 0 Å². The summed E-state index contributed by atoms with van der Waals surface area (Å²) in [7, 11) is 0. The SMILES string of the molecule is CCC1C(C)C(C)C2C1C[C@@H]1CCCC[C@@H]1[C@@H]2C. The number of fused-ring (bicyclic) bond motifs is 2. The van der Waals surface area contributed by atoms with Crippen LogP contribution in [0.5, 0.6) is 0 Å². The van der Waals surface area contributed by atoms with E-state index in [1.807, 2.05) is 0 Å². The van der Waals surface area contributed by atoms with Crippen molar-refractivity contribution in [2.45, 2.75) is 66.2 Å². The van der Waals surface area contributed by atoms with Crippen molar-refractivity contribution in [1.82, 2.24) is 0 Å². The molecule has 3 saturated carbocycles. The quantitative estimate of drug-likeness (QED) is 0.584. The monoisotopic (exact) mass is 248 g/mol. The normalized spacial score (nSPS) is 56.0. The summed E-state index contributed by atoms with van der Waals surface area (Å²) in [5.74, 6) is 8.34. The Morgan fingerprint density at radius 1 is 0.833 bits per heavy atom. The Kier molecular flexibility index (Phi) is 3.49. The highest BCUT2D eigenvalue weighted by Gasteiger charge is 2.53. The van der Waals surface area contributed by atoms with Crippen LogP contribution in [0.1, 0.15) is 66.2 Å². The summed E-state index contributed by atoms with van der Waals surface area (Å²) in [5.41, 5.74) is 0. The van der Waals surface area contributed by atoms with E-state index >= 15 is 0 Å². The van der Waals surface area contributed by atoms with Gasteiger partial charge in [-0.3, -0.25) is 0 Å². The molecule has 3 rings (SSSR count). The van der Waals surface area contributed by atoms with E-state index in [2.05, 4.69) is 27.7 Å². The van der Waals surface area contributed by atoms with Gasteiger partial charge in [-0.15, -0.1) is 0 Å². The molecule has 3 aliphatic carbocycles. The first-order valence-electron chi connectivity index (χ1n) is 8.65. The lowest BCUT2D eigenvalue weighted by Crippen LogP contribution is -2.41. The topological polar surface area (TPSA) is 0 Å². The van der Waals surface area contributed by atoms with Crippen LogP contribution >= 0.6 is 0 Å². The smallest absolute Gasteiger partial charge is 0.0326 e. The molecule has 3 fully saturated rings. The van der Waals surface area contributed by atoms with Crippen molar-refractivity contribution >= 4 is 0 Å². The molecule has 8 atom stereocenters. The van der Waals surface area contributed by atoms with E-state index in [0.29, 0.717) is 0 Å². The first-order chi connectivity index (χ1) is 8.65. The van der Waals surface area contributed by atoms with Crippen LogP contribution in [0.15, 0.2) is 0 Å². The molecule has 0 amide bonds. The summed E-state index contributed by atoms with van der Waals surface area (Å²) in [6.45, 7) is 10.2. The van der Waals surface area contributed by atoms with E-state index in [1.54, 1.807) is 19.3 Å². The highest BCUT2D eigenvalue weighted by atomic mass is 14.6. The van der Waals surface area contributed by atoms with Crippen molar-refractivity contribution in [1.29, 1.82) is 0 Å². The van der Waals surface area contributed by atoms with Crippen LogP contribution in [-0.4, -0.2) is 0 Å². The Hall–Kier alpha value is 0. The number of hydrogen-bond acceptors (Lipinski definition) is 0. The number of hydrogen-bond donors (Lipinski definition) is 0. The van der Waals surface area contributed by atoms with Crippen molar-refractivity contribution < 1.29 is 0 Å². The van der Waals surface area contributed by atoms with E-state index in [-0.39, 0.29) is 0 Å². The summed E-state index contributed by atoms with van der Waals surface area (Å²) in [6.07, 6.45) is 9.16. The van der Waals surface area contributed by atoms with Crippen LogP contribution < -0.4 is 0 Å². The van der Waals surface area contributed by atoms with Crippen molar-refractivity contribution in [2.75, 3.05) is 0 Å². The van der Waals surface area contributed by atoms with Gasteiger partial charge in [0.15, 0.2) is 0 Å². The first kappa shape index (κ1) is 13.0. The molecule has 0 N–H and O–H groups in total. The molecular formula is C18H32. The molecule has 5 unspecified atom stereocenters. The van der Waals surface area contributed by atoms with E-state index in [0.717, 1.165) is 47.3 Å². The van der Waals surface area contributed by atoms with Gasteiger partial charge in [0, 0.05) is 0 Å². The molecule has 0 nitrogen and oxygen atoms in total. The third-order valence-electron chi connectivity index (χ3n) is 7.45. The third kappa shape index (κ3) is 1.78. The van der Waals surface area contributed by atoms with Crippen molar-refractivity contribution in [3.8, 4) is 0 Å². The molecule has 3 aliphatic rings. The number of rotatable bonds is 1. The van der Waals surface area contributed by atoms with Gasteiger partial charge in [-0.25, -0.2) is 0 Å². The molecule has 0 radical (unpaired) electrons. The fourth-order valence-electron chi connectivity index (χ4n) is 6.54. The molecule has 0 aromatic carbocycles. The summed E-state index contributed by atoms with van der Waals surface area (Å²) < 4.78 is 0. The van der Waals surface area contributed by atoms with E-state index < -0.39 is 0 Å². The van der Waals surface area contributed by atoms with Gasteiger partial charge in [0.2, 0.25) is 0 Å². The van der Waals surface area contributed by atoms with Gasteiger partial charge >= 0.3 is 0 Å². The predicted molar refractivity (Wildman–Crippen MR) is 78.3 cm³/mol. The molecule has 0 aliphatic heterocycles. The zero-order chi connectivity index (χ0) is 12.9. The van der Waals surface area contributed by atoms with Gasteiger partial charge in [0.05, 0.1) is 0 Å². The predicted octanol–water partition coefficient (Wildman–Crippen LogP) is 5.38. The molecule has 0 heterocycles. The summed E-state index contributed by atoms with van der Waals surface area (Å²) in [5, 5.41) is 0. The van der Waals surface area contributed by atoms with Crippen LogP contribution in [0, 0.1) is 47.3 Å². The van der Waals surface area contributed by atoms with E-state index in [1.165, 1.54) is 19.3 Å². The molecule has 0 saturated heterocycles. The standard InChI is InChI=1S/C18H32/c1-5-15-11(2)12(3)18-13(4)16-9-7-6-8-14(16)10-17(15)18/h11-18H,5-10H2,1-4H3/t11?,12?,13-,14-,15?,16+,17?,18?/m0/s1. The molecular weight excluding hydrogens is 216 g/mol. The molecule has 0 aromatic rings. The molecule has 104 valence electrons. The summed E-state index contributed by atoms with van der Waals surface area (Å²) >= 11 is 0. The summed E-state index contributed by atoms with van der Waals surface area (Å²) in [6, 6.07) is 0. The Balaban J connectivity index is 1.86. The maximum atomic E-state index is 2.61. The Morgan fingerprint density at radius 2 is 1.56 bits per heavy atom. The average Bonchev–Trinajstić information content (AvgIpc) is 2.62. The highest BCUT2D eigenvalue weighted by Crippen LogP contribution is 2.60. The van der Waals surface area contributed by atoms with E-state index in [9.17, 15) is 0 Å². The maximum absolute atomic E-state index is 2.61.